The van der Waals surface area contributed by atoms with Gasteiger partial charge in [-0.3, -0.25) is 14.4 Å². The highest BCUT2D eigenvalue weighted by Gasteiger charge is 2.23. The fourth-order valence-corrected chi connectivity index (χ4v) is 3.25. The molecule has 1 atom stereocenters. The monoisotopic (exact) mass is 361 g/mol. The predicted octanol–water partition coefficient (Wildman–Crippen LogP) is 0.892. The molecule has 26 heavy (non-hydrogen) atoms. The summed E-state index contributed by atoms with van der Waals surface area (Å²) in [5, 5.41) is 13.6. The van der Waals surface area contributed by atoms with Gasteiger partial charge in [-0.1, -0.05) is 18.2 Å². The number of hydrogen-bond donors (Lipinski definition) is 3. The van der Waals surface area contributed by atoms with Crippen LogP contribution in [-0.4, -0.2) is 60.5 Å². The van der Waals surface area contributed by atoms with Gasteiger partial charge in [0.2, 0.25) is 5.91 Å². The van der Waals surface area contributed by atoms with Crippen LogP contribution in [0.15, 0.2) is 24.3 Å². The molecule has 0 bridgehead atoms. The number of aliphatic carboxylic acids is 1. The maximum atomic E-state index is 12.8. The summed E-state index contributed by atoms with van der Waals surface area (Å²) in [6.07, 6.45) is 2.51. The van der Waals surface area contributed by atoms with Crippen LogP contribution in [0, 0.1) is 5.92 Å². The molecular formula is C19H27N3O4. The van der Waals surface area contributed by atoms with Crippen LogP contribution in [0.3, 0.4) is 0 Å². The van der Waals surface area contributed by atoms with E-state index in [-0.39, 0.29) is 11.8 Å². The molecule has 1 aromatic carbocycles. The number of carbonyl (C=O) groups excluding carboxylic acids is 2. The molecule has 0 saturated carbocycles. The molecule has 7 heteroatoms. The Morgan fingerprint density at radius 1 is 1.23 bits per heavy atom. The molecule has 2 heterocycles. The Labute approximate surface area is 153 Å². The number of rotatable bonds is 3. The summed E-state index contributed by atoms with van der Waals surface area (Å²) in [4.78, 5) is 35.0. The van der Waals surface area contributed by atoms with Crippen LogP contribution in [0.1, 0.15) is 35.7 Å². The summed E-state index contributed by atoms with van der Waals surface area (Å²) in [5.41, 5.74) is 1.92. The second kappa shape index (κ2) is 9.91. The van der Waals surface area contributed by atoms with Crippen LogP contribution in [0.5, 0.6) is 0 Å². The Morgan fingerprint density at radius 3 is 2.65 bits per heavy atom. The zero-order valence-corrected chi connectivity index (χ0v) is 15.2. The molecule has 0 aliphatic carbocycles. The van der Waals surface area contributed by atoms with E-state index in [2.05, 4.69) is 16.7 Å². The van der Waals surface area contributed by atoms with Crippen molar-refractivity contribution in [2.75, 3.05) is 32.7 Å². The summed E-state index contributed by atoms with van der Waals surface area (Å²) in [6.45, 7) is 4.82. The lowest BCUT2D eigenvalue weighted by atomic mass is 9.94. The van der Waals surface area contributed by atoms with E-state index < -0.39 is 5.97 Å². The van der Waals surface area contributed by atoms with Gasteiger partial charge in [0.25, 0.3) is 11.9 Å². The highest BCUT2D eigenvalue weighted by atomic mass is 16.4. The molecule has 0 aromatic heterocycles. The zero-order chi connectivity index (χ0) is 18.9. The largest absolute Gasteiger partial charge is 0.481 e. The SMILES string of the molecule is CC(=O)O.O=C1CCN(C(=O)c2ccccc2CC2CCNC2)CCN1. The van der Waals surface area contributed by atoms with E-state index in [1.165, 1.54) is 6.42 Å². The molecule has 1 unspecified atom stereocenters. The third-order valence-corrected chi connectivity index (χ3v) is 4.52. The van der Waals surface area contributed by atoms with Gasteiger partial charge in [0.15, 0.2) is 0 Å². The van der Waals surface area contributed by atoms with Gasteiger partial charge in [0.1, 0.15) is 0 Å². The number of amides is 2. The van der Waals surface area contributed by atoms with Gasteiger partial charge in [0.05, 0.1) is 0 Å². The summed E-state index contributed by atoms with van der Waals surface area (Å²) < 4.78 is 0. The normalized spacial score (nSPS) is 19.8. The standard InChI is InChI=1S/C17H23N3O2.C2H4O2/c21-16-6-9-20(10-8-19-16)17(22)15-4-2-1-3-14(15)11-13-5-7-18-12-13;1-2(3)4/h1-4,13,18H,5-12H2,(H,19,21);1H3,(H,3,4). The third-order valence-electron chi connectivity index (χ3n) is 4.52. The molecule has 2 aliphatic rings. The molecular weight excluding hydrogens is 334 g/mol. The minimum absolute atomic E-state index is 0.0283. The Balaban J connectivity index is 0.000000552. The molecule has 0 spiro atoms. The third kappa shape index (κ3) is 6.15. The lowest BCUT2D eigenvalue weighted by Crippen LogP contribution is -2.34. The number of nitrogens with one attached hydrogen (secondary N) is 2. The van der Waals surface area contributed by atoms with E-state index >= 15 is 0 Å². The molecule has 2 fully saturated rings. The number of carboxylic acid groups (broad SMARTS) is 1. The quantitative estimate of drug-likeness (QED) is 0.743. The second-order valence-corrected chi connectivity index (χ2v) is 6.63. The van der Waals surface area contributed by atoms with Gasteiger partial charge < -0.3 is 20.6 Å². The van der Waals surface area contributed by atoms with Crippen molar-refractivity contribution in [3.63, 3.8) is 0 Å². The first kappa shape index (κ1) is 19.9. The van der Waals surface area contributed by atoms with Crippen molar-refractivity contribution in [2.45, 2.75) is 26.2 Å². The Kier molecular flexibility index (Phi) is 7.59. The average molecular weight is 361 g/mol. The van der Waals surface area contributed by atoms with Crippen molar-refractivity contribution in [1.29, 1.82) is 0 Å². The lowest BCUT2D eigenvalue weighted by molar-refractivity contribution is -0.134. The van der Waals surface area contributed by atoms with Crippen LogP contribution >= 0.6 is 0 Å². The fraction of sp³-hybridized carbons (Fsp3) is 0.526. The van der Waals surface area contributed by atoms with Crippen LogP contribution < -0.4 is 10.6 Å². The van der Waals surface area contributed by atoms with Crippen molar-refractivity contribution in [2.24, 2.45) is 5.92 Å². The smallest absolute Gasteiger partial charge is 0.300 e. The molecule has 2 saturated heterocycles. The summed E-state index contributed by atoms with van der Waals surface area (Å²) in [5.74, 6) is -0.139. The van der Waals surface area contributed by atoms with Crippen molar-refractivity contribution >= 4 is 17.8 Å². The van der Waals surface area contributed by atoms with E-state index in [1.54, 1.807) is 4.90 Å². The summed E-state index contributed by atoms with van der Waals surface area (Å²) in [7, 11) is 0. The number of carbonyl (C=O) groups is 3. The van der Waals surface area contributed by atoms with Gasteiger partial charge >= 0.3 is 0 Å². The maximum Gasteiger partial charge on any atom is 0.300 e. The molecule has 2 aliphatic heterocycles. The second-order valence-electron chi connectivity index (χ2n) is 6.63. The number of carboxylic acids is 1. The molecule has 2 amide bonds. The Hall–Kier alpha value is -2.41. The van der Waals surface area contributed by atoms with Crippen molar-refractivity contribution in [1.82, 2.24) is 15.5 Å². The highest BCUT2D eigenvalue weighted by Crippen LogP contribution is 2.20. The van der Waals surface area contributed by atoms with Gasteiger partial charge in [-0.25, -0.2) is 0 Å². The first-order chi connectivity index (χ1) is 12.5. The van der Waals surface area contributed by atoms with Crippen LogP contribution in [0.2, 0.25) is 0 Å². The number of hydrogen-bond acceptors (Lipinski definition) is 4. The predicted molar refractivity (Wildman–Crippen MR) is 98.0 cm³/mol. The summed E-state index contributed by atoms with van der Waals surface area (Å²) in [6, 6.07) is 7.90. The fourth-order valence-electron chi connectivity index (χ4n) is 3.25. The van der Waals surface area contributed by atoms with Gasteiger partial charge in [0, 0.05) is 38.5 Å². The van der Waals surface area contributed by atoms with Crippen molar-refractivity contribution in [3.8, 4) is 0 Å². The average Bonchev–Trinajstić information content (AvgIpc) is 3.01. The minimum atomic E-state index is -0.833. The van der Waals surface area contributed by atoms with Crippen LogP contribution in [-0.2, 0) is 16.0 Å². The number of nitrogens with zero attached hydrogens (tertiary/aromatic N) is 1. The van der Waals surface area contributed by atoms with Crippen molar-refractivity contribution in [3.05, 3.63) is 35.4 Å². The highest BCUT2D eigenvalue weighted by molar-refractivity contribution is 5.96. The van der Waals surface area contributed by atoms with E-state index in [0.29, 0.717) is 32.0 Å². The van der Waals surface area contributed by atoms with E-state index in [4.69, 9.17) is 9.90 Å². The van der Waals surface area contributed by atoms with E-state index in [0.717, 1.165) is 37.6 Å². The summed E-state index contributed by atoms with van der Waals surface area (Å²) >= 11 is 0. The van der Waals surface area contributed by atoms with E-state index in [9.17, 15) is 9.59 Å². The Bertz CT molecular complexity index is 637. The molecule has 3 rings (SSSR count). The molecule has 7 nitrogen and oxygen atoms in total. The minimum Gasteiger partial charge on any atom is -0.481 e. The zero-order valence-electron chi connectivity index (χ0n) is 15.2. The first-order valence-electron chi connectivity index (χ1n) is 9.01. The lowest BCUT2D eigenvalue weighted by Gasteiger charge is -2.22. The van der Waals surface area contributed by atoms with E-state index in [1.807, 2.05) is 18.2 Å². The first-order valence-corrected chi connectivity index (χ1v) is 9.01. The molecule has 1 aromatic rings. The topological polar surface area (TPSA) is 98.7 Å². The van der Waals surface area contributed by atoms with Gasteiger partial charge in [-0.2, -0.15) is 0 Å². The molecule has 3 N–H and O–H groups in total. The maximum absolute atomic E-state index is 12.8. The van der Waals surface area contributed by atoms with Crippen LogP contribution in [0.4, 0.5) is 0 Å². The molecule has 0 radical (unpaired) electrons. The van der Waals surface area contributed by atoms with Crippen molar-refractivity contribution < 1.29 is 19.5 Å². The number of benzene rings is 1. The van der Waals surface area contributed by atoms with Crippen LogP contribution in [0.25, 0.3) is 0 Å². The molecule has 142 valence electrons. The Morgan fingerprint density at radius 2 is 1.96 bits per heavy atom. The van der Waals surface area contributed by atoms with Gasteiger partial charge in [-0.15, -0.1) is 0 Å². The van der Waals surface area contributed by atoms with Gasteiger partial charge in [-0.05, 0) is 43.5 Å².